The maximum absolute atomic E-state index is 12.7. The Morgan fingerprint density at radius 2 is 1.76 bits per heavy atom. The van der Waals surface area contributed by atoms with Gasteiger partial charge in [0.15, 0.2) is 6.10 Å². The number of anilines is 1. The molecule has 1 amide bonds. The number of nitrogens with one attached hydrogen (secondary N) is 1. The van der Waals surface area contributed by atoms with Crippen molar-refractivity contribution in [1.82, 2.24) is 4.31 Å². The van der Waals surface area contributed by atoms with Crippen LogP contribution in [0.2, 0.25) is 0 Å². The molecular weight excluding hydrogens is 388 g/mol. The fraction of sp³-hybridized carbons (Fsp3) is 0.409. The highest BCUT2D eigenvalue weighted by molar-refractivity contribution is 7.89. The molecule has 1 aliphatic heterocycles. The van der Waals surface area contributed by atoms with Crippen molar-refractivity contribution in [2.45, 2.75) is 51.0 Å². The molecule has 3 rings (SSSR count). The number of ether oxygens (including phenoxy) is 1. The zero-order valence-corrected chi connectivity index (χ0v) is 18.0. The normalized spacial score (nSPS) is 15.8. The van der Waals surface area contributed by atoms with Gasteiger partial charge in [-0.1, -0.05) is 19.1 Å². The molecule has 0 spiro atoms. The Kier molecular flexibility index (Phi) is 6.59. The minimum atomic E-state index is -3.46. The Bertz CT molecular complexity index is 965. The monoisotopic (exact) mass is 416 g/mol. The van der Waals surface area contributed by atoms with E-state index in [4.69, 9.17) is 4.74 Å². The van der Waals surface area contributed by atoms with Gasteiger partial charge in [-0.3, -0.25) is 4.79 Å². The second kappa shape index (κ2) is 8.97. The summed E-state index contributed by atoms with van der Waals surface area (Å²) in [5.41, 5.74) is 2.58. The number of carbonyl (C=O) groups excluding carboxylic acids is 1. The van der Waals surface area contributed by atoms with Crippen molar-refractivity contribution < 1.29 is 17.9 Å². The highest BCUT2D eigenvalue weighted by atomic mass is 32.2. The first-order valence-electron chi connectivity index (χ1n) is 9.96. The molecule has 0 aliphatic carbocycles. The van der Waals surface area contributed by atoms with Crippen LogP contribution in [0.25, 0.3) is 0 Å². The van der Waals surface area contributed by atoms with E-state index in [0.717, 1.165) is 24.0 Å². The van der Waals surface area contributed by atoms with E-state index < -0.39 is 16.1 Å². The first kappa shape index (κ1) is 21.3. The summed E-state index contributed by atoms with van der Waals surface area (Å²) in [4.78, 5) is 12.9. The van der Waals surface area contributed by atoms with E-state index >= 15 is 0 Å². The first-order valence-corrected chi connectivity index (χ1v) is 11.4. The Morgan fingerprint density at radius 1 is 1.10 bits per heavy atom. The molecule has 0 aromatic heterocycles. The van der Waals surface area contributed by atoms with Crippen LogP contribution in [-0.2, 0) is 14.8 Å². The van der Waals surface area contributed by atoms with E-state index in [9.17, 15) is 13.2 Å². The molecule has 1 saturated heterocycles. The molecule has 1 N–H and O–H groups in total. The van der Waals surface area contributed by atoms with E-state index in [-0.39, 0.29) is 10.8 Å². The summed E-state index contributed by atoms with van der Waals surface area (Å²) in [6.45, 7) is 6.94. The SMILES string of the molecule is CC[C@@H](Oc1cc(C)ccc1C)C(=O)Nc1ccc(S(=O)(=O)N2CCCC2)cc1. The lowest BCUT2D eigenvalue weighted by Crippen LogP contribution is -2.32. The number of rotatable bonds is 7. The molecule has 0 radical (unpaired) electrons. The van der Waals surface area contributed by atoms with Crippen molar-refractivity contribution in [3.05, 3.63) is 53.6 Å². The summed E-state index contributed by atoms with van der Waals surface area (Å²) in [5.74, 6) is 0.433. The minimum Gasteiger partial charge on any atom is -0.480 e. The summed E-state index contributed by atoms with van der Waals surface area (Å²) >= 11 is 0. The van der Waals surface area contributed by atoms with Gasteiger partial charge in [0.1, 0.15) is 5.75 Å². The fourth-order valence-corrected chi connectivity index (χ4v) is 4.84. The predicted molar refractivity (Wildman–Crippen MR) is 114 cm³/mol. The van der Waals surface area contributed by atoms with Crippen LogP contribution in [0.1, 0.15) is 37.3 Å². The van der Waals surface area contributed by atoms with Gasteiger partial charge in [-0.15, -0.1) is 0 Å². The van der Waals surface area contributed by atoms with Crippen molar-refractivity contribution in [1.29, 1.82) is 0 Å². The van der Waals surface area contributed by atoms with Crippen molar-refractivity contribution in [3.63, 3.8) is 0 Å². The van der Waals surface area contributed by atoms with Crippen LogP contribution in [0.15, 0.2) is 47.4 Å². The largest absolute Gasteiger partial charge is 0.480 e. The number of hydrogen-bond donors (Lipinski definition) is 1. The minimum absolute atomic E-state index is 0.246. The maximum atomic E-state index is 12.7. The topological polar surface area (TPSA) is 75.7 Å². The molecule has 156 valence electrons. The third-order valence-electron chi connectivity index (χ3n) is 5.10. The summed E-state index contributed by atoms with van der Waals surface area (Å²) in [5, 5.41) is 2.82. The van der Waals surface area contributed by atoms with Gasteiger partial charge >= 0.3 is 0 Å². The summed E-state index contributed by atoms with van der Waals surface area (Å²) < 4.78 is 32.7. The van der Waals surface area contributed by atoms with Gasteiger partial charge in [0.25, 0.3) is 5.91 Å². The van der Waals surface area contributed by atoms with Crippen molar-refractivity contribution in [2.24, 2.45) is 0 Å². The molecule has 0 unspecified atom stereocenters. The summed E-state index contributed by atoms with van der Waals surface area (Å²) in [6.07, 6.45) is 1.67. The molecule has 29 heavy (non-hydrogen) atoms. The number of carbonyl (C=O) groups is 1. The Morgan fingerprint density at radius 3 is 2.38 bits per heavy atom. The maximum Gasteiger partial charge on any atom is 0.265 e. The van der Waals surface area contributed by atoms with E-state index in [0.29, 0.717) is 30.9 Å². The lowest BCUT2D eigenvalue weighted by atomic mass is 10.1. The molecule has 0 bridgehead atoms. The van der Waals surface area contributed by atoms with Gasteiger partial charge in [0, 0.05) is 18.8 Å². The molecular formula is C22H28N2O4S. The third kappa shape index (κ3) is 4.97. The van der Waals surface area contributed by atoms with Crippen LogP contribution in [0.3, 0.4) is 0 Å². The van der Waals surface area contributed by atoms with Gasteiger partial charge in [-0.25, -0.2) is 8.42 Å². The van der Waals surface area contributed by atoms with Gasteiger partial charge in [-0.05, 0) is 74.6 Å². The highest BCUT2D eigenvalue weighted by Gasteiger charge is 2.27. The van der Waals surface area contributed by atoms with Crippen molar-refractivity contribution in [2.75, 3.05) is 18.4 Å². The van der Waals surface area contributed by atoms with Gasteiger partial charge in [-0.2, -0.15) is 4.31 Å². The van der Waals surface area contributed by atoms with Crippen LogP contribution in [0.5, 0.6) is 5.75 Å². The smallest absolute Gasteiger partial charge is 0.265 e. The van der Waals surface area contributed by atoms with Gasteiger partial charge in [0.05, 0.1) is 4.90 Å². The number of sulfonamides is 1. The molecule has 6 nitrogen and oxygen atoms in total. The predicted octanol–water partition coefficient (Wildman–Crippen LogP) is 3.88. The molecule has 1 atom stereocenters. The van der Waals surface area contributed by atoms with E-state index in [1.165, 1.54) is 16.4 Å². The lowest BCUT2D eigenvalue weighted by Gasteiger charge is -2.19. The van der Waals surface area contributed by atoms with Crippen LogP contribution in [-0.4, -0.2) is 37.8 Å². The zero-order chi connectivity index (χ0) is 21.0. The van der Waals surface area contributed by atoms with E-state index in [2.05, 4.69) is 5.32 Å². The molecule has 2 aromatic carbocycles. The second-order valence-electron chi connectivity index (χ2n) is 7.41. The van der Waals surface area contributed by atoms with E-state index in [1.807, 2.05) is 39.0 Å². The van der Waals surface area contributed by atoms with Crippen LogP contribution in [0, 0.1) is 13.8 Å². The molecule has 1 fully saturated rings. The van der Waals surface area contributed by atoms with Crippen LogP contribution in [0.4, 0.5) is 5.69 Å². The first-order chi connectivity index (χ1) is 13.8. The average Bonchev–Trinajstić information content (AvgIpc) is 3.24. The Labute approximate surface area is 172 Å². The van der Waals surface area contributed by atoms with Gasteiger partial charge in [0.2, 0.25) is 10.0 Å². The summed E-state index contributed by atoms with van der Waals surface area (Å²) in [6, 6.07) is 12.2. The summed E-state index contributed by atoms with van der Waals surface area (Å²) in [7, 11) is -3.46. The molecule has 1 heterocycles. The standard InChI is InChI=1S/C22H28N2O4S/c1-4-20(28-21-15-16(2)7-8-17(21)3)22(25)23-18-9-11-19(12-10-18)29(26,27)24-13-5-6-14-24/h7-12,15,20H,4-6,13-14H2,1-3H3,(H,23,25)/t20-/m1/s1. The quantitative estimate of drug-likeness (QED) is 0.743. The second-order valence-corrected chi connectivity index (χ2v) is 9.35. The Balaban J connectivity index is 1.68. The van der Waals surface area contributed by atoms with E-state index in [1.54, 1.807) is 12.1 Å². The average molecular weight is 417 g/mol. The van der Waals surface area contributed by atoms with Crippen molar-refractivity contribution in [3.8, 4) is 5.75 Å². The molecule has 7 heteroatoms. The fourth-order valence-electron chi connectivity index (χ4n) is 3.32. The van der Waals surface area contributed by atoms with Gasteiger partial charge < -0.3 is 10.1 Å². The molecule has 1 aliphatic rings. The van der Waals surface area contributed by atoms with Crippen molar-refractivity contribution >= 4 is 21.6 Å². The Hall–Kier alpha value is -2.38. The number of benzene rings is 2. The third-order valence-corrected chi connectivity index (χ3v) is 7.01. The van der Waals surface area contributed by atoms with Crippen LogP contribution < -0.4 is 10.1 Å². The molecule has 2 aromatic rings. The zero-order valence-electron chi connectivity index (χ0n) is 17.1. The lowest BCUT2D eigenvalue weighted by molar-refractivity contribution is -0.122. The molecule has 0 saturated carbocycles. The number of amides is 1. The number of aryl methyl sites for hydroxylation is 2. The number of nitrogens with zero attached hydrogens (tertiary/aromatic N) is 1. The van der Waals surface area contributed by atoms with Crippen LogP contribution >= 0.6 is 0 Å². The highest BCUT2D eigenvalue weighted by Crippen LogP contribution is 2.24. The number of hydrogen-bond acceptors (Lipinski definition) is 4.